The van der Waals surface area contributed by atoms with Crippen LogP contribution in [-0.4, -0.2) is 68.4 Å². The number of nitrogens with one attached hydrogen (secondary N) is 2. The number of anilines is 1. The molecular weight excluding hydrogens is 614 g/mol. The number of rotatable bonds is 10. The zero-order valence-electron chi connectivity index (χ0n) is 27.3. The topological polar surface area (TPSA) is 115 Å². The third-order valence-electron chi connectivity index (χ3n) is 9.60. The molecule has 2 fully saturated rings. The second kappa shape index (κ2) is 14.3. The van der Waals surface area contributed by atoms with E-state index in [0.717, 1.165) is 46.1 Å². The number of H-pyrrole nitrogens is 1. The summed E-state index contributed by atoms with van der Waals surface area (Å²) in [4.78, 5) is 64.0. The van der Waals surface area contributed by atoms with Gasteiger partial charge in [-0.05, 0) is 66.6 Å². The smallest absolute Gasteiger partial charge is 0.247 e. The molecule has 49 heavy (non-hydrogen) atoms. The molecule has 7 rings (SSSR count). The lowest BCUT2D eigenvalue weighted by molar-refractivity contribution is -0.136. The standard InChI is InChI=1S/C40H39N5O4/c46-37(35-13-7-19-44(35)38(47)21-27-9-3-1-4-10-27)25-32-23-30-24-33(43-34(30)26-41-32)29-15-17-31(18-16-29)42-40(49)36-14-8-20-45(36)39(48)22-28-11-5-2-6-12-28/h1-6,9-12,15-18,23-24,26,35-36,43H,7-8,13-14,19-22,25H2,(H,42,49)/t35-,36-/m0/s1. The number of hydrogen-bond acceptors (Lipinski definition) is 5. The Bertz CT molecular complexity index is 1970. The summed E-state index contributed by atoms with van der Waals surface area (Å²) in [7, 11) is 0. The second-order valence-corrected chi connectivity index (χ2v) is 13.0. The molecule has 4 heterocycles. The van der Waals surface area contributed by atoms with Gasteiger partial charge in [0.1, 0.15) is 6.04 Å². The highest BCUT2D eigenvalue weighted by molar-refractivity contribution is 5.98. The van der Waals surface area contributed by atoms with Crippen molar-refractivity contribution >= 4 is 40.1 Å². The number of hydrogen-bond donors (Lipinski definition) is 2. The number of carbonyl (C=O) groups excluding carboxylic acids is 4. The number of aromatic nitrogens is 2. The van der Waals surface area contributed by atoms with E-state index < -0.39 is 12.1 Å². The van der Waals surface area contributed by atoms with Crippen LogP contribution in [-0.2, 0) is 38.4 Å². The number of Topliss-reactive ketones (excluding diaryl/α,β-unsaturated/α-hetero) is 1. The summed E-state index contributed by atoms with van der Waals surface area (Å²) in [5, 5.41) is 3.94. The van der Waals surface area contributed by atoms with Crippen LogP contribution in [0.5, 0.6) is 0 Å². The minimum atomic E-state index is -0.482. The highest BCUT2D eigenvalue weighted by Gasteiger charge is 2.35. The van der Waals surface area contributed by atoms with Crippen LogP contribution in [0, 0.1) is 0 Å². The third kappa shape index (κ3) is 7.31. The molecule has 3 aromatic carbocycles. The number of carbonyl (C=O) groups is 4. The van der Waals surface area contributed by atoms with Crippen molar-refractivity contribution in [1.29, 1.82) is 0 Å². The van der Waals surface area contributed by atoms with Gasteiger partial charge in [-0.15, -0.1) is 0 Å². The van der Waals surface area contributed by atoms with Gasteiger partial charge in [0.25, 0.3) is 0 Å². The van der Waals surface area contributed by atoms with Gasteiger partial charge in [0.05, 0.1) is 37.0 Å². The average molecular weight is 654 g/mol. The minimum absolute atomic E-state index is 0.0132. The SMILES string of the molecule is O=C(Cc1cc2cc(-c3ccc(NC(=O)[C@@H]4CCCN4C(=O)Cc4ccccc4)cc3)[nH]c2cn1)[C@@H]1CCCN1C(=O)Cc1ccccc1. The molecule has 0 spiro atoms. The molecule has 2 aromatic heterocycles. The van der Waals surface area contributed by atoms with Crippen molar-refractivity contribution in [2.75, 3.05) is 18.4 Å². The van der Waals surface area contributed by atoms with E-state index in [1.54, 1.807) is 16.0 Å². The Balaban J connectivity index is 0.967. The summed E-state index contributed by atoms with van der Waals surface area (Å²) in [6, 6.07) is 29.9. The number of fused-ring (bicyclic) bond motifs is 1. The number of aromatic amines is 1. The average Bonchev–Trinajstić information content (AvgIpc) is 3.90. The molecule has 2 aliphatic rings. The van der Waals surface area contributed by atoms with Crippen molar-refractivity contribution in [1.82, 2.24) is 19.8 Å². The first-order chi connectivity index (χ1) is 23.9. The number of pyridine rings is 1. The van der Waals surface area contributed by atoms with Gasteiger partial charge in [-0.1, -0.05) is 72.8 Å². The maximum atomic E-state index is 13.4. The Hall–Kier alpha value is -5.57. The van der Waals surface area contributed by atoms with E-state index in [4.69, 9.17) is 0 Å². The summed E-state index contributed by atoms with van der Waals surface area (Å²) < 4.78 is 0. The first kappa shape index (κ1) is 32.0. The van der Waals surface area contributed by atoms with Gasteiger partial charge in [-0.3, -0.25) is 24.2 Å². The van der Waals surface area contributed by atoms with Crippen LogP contribution in [0.2, 0.25) is 0 Å². The Morgan fingerprint density at radius 1 is 0.714 bits per heavy atom. The molecule has 9 nitrogen and oxygen atoms in total. The van der Waals surface area contributed by atoms with E-state index >= 15 is 0 Å². The number of amides is 3. The number of nitrogens with zero attached hydrogens (tertiary/aromatic N) is 3. The Morgan fingerprint density at radius 3 is 1.94 bits per heavy atom. The number of ketones is 1. The fraction of sp³-hybridized carbons (Fsp3) is 0.275. The van der Waals surface area contributed by atoms with Crippen LogP contribution in [0.1, 0.15) is 42.5 Å². The lowest BCUT2D eigenvalue weighted by atomic mass is 10.0. The maximum absolute atomic E-state index is 13.4. The number of benzene rings is 3. The van der Waals surface area contributed by atoms with Crippen molar-refractivity contribution in [2.24, 2.45) is 0 Å². The molecule has 2 saturated heterocycles. The first-order valence-corrected chi connectivity index (χ1v) is 17.0. The predicted molar refractivity (Wildman–Crippen MR) is 189 cm³/mol. The van der Waals surface area contributed by atoms with Gasteiger partial charge >= 0.3 is 0 Å². The summed E-state index contributed by atoms with van der Waals surface area (Å²) in [6.45, 7) is 1.19. The fourth-order valence-electron chi connectivity index (χ4n) is 7.07. The highest BCUT2D eigenvalue weighted by atomic mass is 16.2. The molecule has 5 aromatic rings. The van der Waals surface area contributed by atoms with Gasteiger partial charge < -0.3 is 20.1 Å². The van der Waals surface area contributed by atoms with E-state index in [1.807, 2.05) is 97.1 Å². The summed E-state index contributed by atoms with van der Waals surface area (Å²) in [5.74, 6) is -0.206. The van der Waals surface area contributed by atoms with Gasteiger partial charge in [-0.25, -0.2) is 0 Å². The summed E-state index contributed by atoms with van der Waals surface area (Å²) >= 11 is 0. The van der Waals surface area contributed by atoms with Crippen LogP contribution in [0.25, 0.3) is 22.2 Å². The molecular formula is C40H39N5O4. The minimum Gasteiger partial charge on any atom is -0.353 e. The van der Waals surface area contributed by atoms with Crippen molar-refractivity contribution in [3.63, 3.8) is 0 Å². The molecule has 9 heteroatoms. The van der Waals surface area contributed by atoms with E-state index in [-0.39, 0.29) is 36.3 Å². The van der Waals surface area contributed by atoms with E-state index in [0.29, 0.717) is 43.7 Å². The lowest BCUT2D eigenvalue weighted by Crippen LogP contribution is -2.43. The Kier molecular flexibility index (Phi) is 9.32. The molecule has 3 amide bonds. The monoisotopic (exact) mass is 653 g/mol. The van der Waals surface area contributed by atoms with Crippen LogP contribution >= 0.6 is 0 Å². The van der Waals surface area contributed by atoms with Gasteiger partial charge in [0.15, 0.2) is 5.78 Å². The molecule has 0 unspecified atom stereocenters. The quantitative estimate of drug-likeness (QED) is 0.199. The molecule has 0 radical (unpaired) electrons. The van der Waals surface area contributed by atoms with E-state index in [9.17, 15) is 19.2 Å². The Labute approximate surface area is 285 Å². The summed E-state index contributed by atoms with van der Waals surface area (Å²) in [5.41, 5.74) is 5.90. The Morgan fingerprint density at radius 2 is 1.31 bits per heavy atom. The molecule has 2 atom stereocenters. The van der Waals surface area contributed by atoms with Gasteiger partial charge in [0, 0.05) is 35.6 Å². The van der Waals surface area contributed by atoms with E-state index in [1.165, 1.54) is 0 Å². The highest BCUT2D eigenvalue weighted by Crippen LogP contribution is 2.27. The molecule has 2 N–H and O–H groups in total. The summed E-state index contributed by atoms with van der Waals surface area (Å²) in [6.07, 6.45) is 5.44. The molecule has 248 valence electrons. The van der Waals surface area contributed by atoms with Crippen molar-refractivity contribution < 1.29 is 19.2 Å². The lowest BCUT2D eigenvalue weighted by Gasteiger charge is -2.24. The molecule has 0 saturated carbocycles. The van der Waals surface area contributed by atoms with Crippen LogP contribution < -0.4 is 5.32 Å². The predicted octanol–water partition coefficient (Wildman–Crippen LogP) is 5.75. The first-order valence-electron chi connectivity index (χ1n) is 17.0. The molecule has 2 aliphatic heterocycles. The van der Waals surface area contributed by atoms with Crippen molar-refractivity contribution in [2.45, 2.75) is 57.0 Å². The third-order valence-corrected chi connectivity index (χ3v) is 9.60. The second-order valence-electron chi connectivity index (χ2n) is 13.0. The largest absolute Gasteiger partial charge is 0.353 e. The fourth-order valence-corrected chi connectivity index (χ4v) is 7.07. The molecule has 0 aliphatic carbocycles. The van der Waals surface area contributed by atoms with Gasteiger partial charge in [0.2, 0.25) is 17.7 Å². The van der Waals surface area contributed by atoms with Crippen LogP contribution in [0.4, 0.5) is 5.69 Å². The van der Waals surface area contributed by atoms with Crippen molar-refractivity contribution in [3.8, 4) is 11.3 Å². The van der Waals surface area contributed by atoms with Crippen LogP contribution in [0.15, 0.2) is 103 Å². The zero-order valence-corrected chi connectivity index (χ0v) is 27.3. The normalized spacial score (nSPS) is 17.4. The van der Waals surface area contributed by atoms with Gasteiger partial charge in [-0.2, -0.15) is 0 Å². The number of likely N-dealkylation sites (tertiary alicyclic amines) is 2. The van der Waals surface area contributed by atoms with Crippen LogP contribution in [0.3, 0.4) is 0 Å². The zero-order chi connectivity index (χ0) is 33.7. The van der Waals surface area contributed by atoms with Crippen molar-refractivity contribution in [3.05, 3.63) is 120 Å². The molecule has 0 bridgehead atoms. The maximum Gasteiger partial charge on any atom is 0.247 e. The van der Waals surface area contributed by atoms with E-state index in [2.05, 4.69) is 15.3 Å².